The highest BCUT2D eigenvalue weighted by atomic mass is 19.1. The first-order valence-electron chi connectivity index (χ1n) is 13.4. The highest BCUT2D eigenvalue weighted by Crippen LogP contribution is 2.39. The summed E-state index contributed by atoms with van der Waals surface area (Å²) in [6.45, 7) is 2.77. The van der Waals surface area contributed by atoms with Gasteiger partial charge < -0.3 is 25.7 Å². The number of nitrogens with zero attached hydrogens (tertiary/aromatic N) is 1. The Hall–Kier alpha value is -3.73. The first-order valence-corrected chi connectivity index (χ1v) is 13.4. The number of aromatic amines is 1. The topological polar surface area (TPSA) is 133 Å². The van der Waals surface area contributed by atoms with E-state index in [-0.39, 0.29) is 30.9 Å². The average Bonchev–Trinajstić information content (AvgIpc) is 3.57. The molecular formula is C28H36FN5O5. The summed E-state index contributed by atoms with van der Waals surface area (Å²) in [5.74, 6) is -1.86. The Bertz CT molecular complexity index is 1190. The first kappa shape index (κ1) is 28.3. The number of hydrogen-bond donors (Lipinski definition) is 4. The van der Waals surface area contributed by atoms with E-state index >= 15 is 0 Å². The molecule has 1 aromatic heterocycles. The summed E-state index contributed by atoms with van der Waals surface area (Å²) in [5, 5.41) is 8.44. The molecule has 0 saturated heterocycles. The lowest BCUT2D eigenvalue weighted by atomic mass is 9.97. The number of aryl methyl sites for hydroxylation is 1. The van der Waals surface area contributed by atoms with Crippen LogP contribution in [-0.4, -0.2) is 66.6 Å². The zero-order valence-corrected chi connectivity index (χ0v) is 22.3. The molecule has 2 aliphatic rings. The summed E-state index contributed by atoms with van der Waals surface area (Å²) in [7, 11) is 0. The number of H-pyrrole nitrogens is 1. The fourth-order valence-electron chi connectivity index (χ4n) is 5.15. The SMILES string of the molecule is CC[C@H](C)[C@H](NC(=O)COCCF)C(=O)N[C@H]1CCc2cccc3c2N(C1=O)[C@H](C(=O)NCc1cc[nH]c1)C3. The number of nitrogens with one attached hydrogen (secondary N) is 4. The van der Waals surface area contributed by atoms with Crippen molar-refractivity contribution in [2.24, 2.45) is 5.92 Å². The highest BCUT2D eigenvalue weighted by Gasteiger charge is 2.44. The van der Waals surface area contributed by atoms with Gasteiger partial charge in [-0.25, -0.2) is 4.39 Å². The van der Waals surface area contributed by atoms with Crippen molar-refractivity contribution < 1.29 is 28.3 Å². The van der Waals surface area contributed by atoms with Crippen molar-refractivity contribution in [2.45, 2.75) is 64.2 Å². The lowest BCUT2D eigenvalue weighted by Crippen LogP contribution is -2.58. The number of carbonyl (C=O) groups excluding carboxylic acids is 4. The fraction of sp³-hybridized carbons (Fsp3) is 0.500. The molecule has 0 aliphatic carbocycles. The summed E-state index contributed by atoms with van der Waals surface area (Å²) < 4.78 is 17.3. The Morgan fingerprint density at radius 2 is 2.03 bits per heavy atom. The molecule has 0 spiro atoms. The van der Waals surface area contributed by atoms with Crippen LogP contribution in [0.3, 0.4) is 0 Å². The van der Waals surface area contributed by atoms with Gasteiger partial charge in [-0.05, 0) is 41.5 Å². The van der Waals surface area contributed by atoms with E-state index in [2.05, 4.69) is 20.9 Å². The zero-order valence-electron chi connectivity index (χ0n) is 22.3. The molecule has 0 radical (unpaired) electrons. The Kier molecular flexibility index (Phi) is 9.34. The molecule has 11 heteroatoms. The summed E-state index contributed by atoms with van der Waals surface area (Å²) in [6.07, 6.45) is 5.47. The molecule has 4 atom stereocenters. The number of halogens is 1. The number of carbonyl (C=O) groups is 4. The smallest absolute Gasteiger partial charge is 0.250 e. The molecule has 0 unspecified atom stereocenters. The monoisotopic (exact) mass is 541 g/mol. The highest BCUT2D eigenvalue weighted by molar-refractivity contribution is 6.08. The summed E-state index contributed by atoms with van der Waals surface area (Å²) in [6, 6.07) is 5.16. The molecular weight excluding hydrogens is 505 g/mol. The lowest BCUT2D eigenvalue weighted by Gasteiger charge is -2.30. The van der Waals surface area contributed by atoms with Gasteiger partial charge in [-0.2, -0.15) is 0 Å². The third-order valence-electron chi connectivity index (χ3n) is 7.42. The second kappa shape index (κ2) is 12.9. The molecule has 10 nitrogen and oxygen atoms in total. The minimum atomic E-state index is -0.899. The van der Waals surface area contributed by atoms with Crippen LogP contribution in [0, 0.1) is 5.92 Å². The van der Waals surface area contributed by atoms with E-state index in [0.717, 1.165) is 22.4 Å². The second-order valence-electron chi connectivity index (χ2n) is 10.1. The third kappa shape index (κ3) is 6.47. The number of para-hydroxylation sites is 1. The molecule has 2 aromatic rings. The number of anilines is 1. The number of ether oxygens (including phenoxy) is 1. The number of rotatable bonds is 12. The second-order valence-corrected chi connectivity index (χ2v) is 10.1. The fourth-order valence-corrected chi connectivity index (χ4v) is 5.15. The van der Waals surface area contributed by atoms with Gasteiger partial charge in [-0.15, -0.1) is 0 Å². The molecule has 4 amide bonds. The molecule has 0 fully saturated rings. The van der Waals surface area contributed by atoms with Crippen molar-refractivity contribution in [2.75, 3.05) is 24.8 Å². The Balaban J connectivity index is 1.50. The number of alkyl halides is 1. The molecule has 1 aromatic carbocycles. The van der Waals surface area contributed by atoms with E-state index in [1.54, 1.807) is 12.4 Å². The first-order chi connectivity index (χ1) is 18.8. The van der Waals surface area contributed by atoms with Gasteiger partial charge in [0.2, 0.25) is 23.6 Å². The van der Waals surface area contributed by atoms with Crippen molar-refractivity contribution in [1.29, 1.82) is 0 Å². The maximum absolute atomic E-state index is 13.9. The molecule has 4 rings (SSSR count). The van der Waals surface area contributed by atoms with Gasteiger partial charge in [-0.3, -0.25) is 24.1 Å². The van der Waals surface area contributed by atoms with Crippen molar-refractivity contribution in [3.05, 3.63) is 53.3 Å². The quantitative estimate of drug-likeness (QED) is 0.303. The predicted molar refractivity (Wildman–Crippen MR) is 142 cm³/mol. The third-order valence-corrected chi connectivity index (χ3v) is 7.42. The van der Waals surface area contributed by atoms with Gasteiger partial charge >= 0.3 is 0 Å². The van der Waals surface area contributed by atoms with E-state index < -0.39 is 36.6 Å². The van der Waals surface area contributed by atoms with Gasteiger partial charge in [0, 0.05) is 25.4 Å². The molecule has 3 heterocycles. The maximum atomic E-state index is 13.9. The van der Waals surface area contributed by atoms with Crippen LogP contribution in [0.25, 0.3) is 0 Å². The number of aromatic nitrogens is 1. The average molecular weight is 542 g/mol. The molecule has 4 N–H and O–H groups in total. The molecule has 210 valence electrons. The summed E-state index contributed by atoms with van der Waals surface area (Å²) in [4.78, 5) is 57.4. The van der Waals surface area contributed by atoms with Crippen LogP contribution in [-0.2, 0) is 43.3 Å². The molecule has 39 heavy (non-hydrogen) atoms. The van der Waals surface area contributed by atoms with Crippen LogP contribution in [0.5, 0.6) is 0 Å². The zero-order chi connectivity index (χ0) is 27.9. The Morgan fingerprint density at radius 1 is 1.23 bits per heavy atom. The van der Waals surface area contributed by atoms with Crippen LogP contribution < -0.4 is 20.9 Å². The molecule has 0 bridgehead atoms. The predicted octanol–water partition coefficient (Wildman–Crippen LogP) is 1.54. The minimum absolute atomic E-state index is 0.206. The normalized spacial score (nSPS) is 19.6. The van der Waals surface area contributed by atoms with Crippen molar-refractivity contribution in [1.82, 2.24) is 20.9 Å². The largest absolute Gasteiger partial charge is 0.369 e. The molecule has 2 aliphatic heterocycles. The van der Waals surface area contributed by atoms with E-state index in [4.69, 9.17) is 4.74 Å². The summed E-state index contributed by atoms with van der Waals surface area (Å²) in [5.41, 5.74) is 3.54. The Morgan fingerprint density at radius 3 is 2.74 bits per heavy atom. The van der Waals surface area contributed by atoms with Crippen molar-refractivity contribution >= 4 is 29.3 Å². The van der Waals surface area contributed by atoms with Gasteiger partial charge in [0.1, 0.15) is 31.4 Å². The van der Waals surface area contributed by atoms with Crippen LogP contribution in [0.15, 0.2) is 36.7 Å². The van der Waals surface area contributed by atoms with Crippen LogP contribution in [0.1, 0.15) is 43.4 Å². The van der Waals surface area contributed by atoms with Crippen LogP contribution in [0.4, 0.5) is 10.1 Å². The standard InChI is InChI=1S/C28H36FN5O5/c1-3-17(2)24(33-23(35)16-39-12-10-29)27(37)32-21-8-7-19-5-4-6-20-13-22(34(25(19)20)28(21)38)26(36)31-15-18-9-11-30-14-18/h4-6,9,11,14,17,21-22,24,30H,3,7-8,10,12-13,15-16H2,1-2H3,(H,31,36)(H,32,37)(H,33,35)/t17-,21-,22-,24-/m0/s1. The van der Waals surface area contributed by atoms with Gasteiger partial charge in [0.05, 0.1) is 12.3 Å². The van der Waals surface area contributed by atoms with Crippen LogP contribution >= 0.6 is 0 Å². The van der Waals surface area contributed by atoms with Crippen LogP contribution in [0.2, 0.25) is 0 Å². The Labute approximate surface area is 227 Å². The van der Waals surface area contributed by atoms with Gasteiger partial charge in [0.15, 0.2) is 0 Å². The maximum Gasteiger partial charge on any atom is 0.250 e. The van der Waals surface area contributed by atoms with E-state index in [1.165, 1.54) is 4.90 Å². The number of benzene rings is 1. The van der Waals surface area contributed by atoms with Gasteiger partial charge in [0.25, 0.3) is 0 Å². The van der Waals surface area contributed by atoms with Crippen molar-refractivity contribution in [3.63, 3.8) is 0 Å². The lowest BCUT2D eigenvalue weighted by molar-refractivity contribution is -0.134. The van der Waals surface area contributed by atoms with E-state index in [0.29, 0.717) is 32.2 Å². The van der Waals surface area contributed by atoms with Crippen molar-refractivity contribution in [3.8, 4) is 0 Å². The minimum Gasteiger partial charge on any atom is -0.369 e. The summed E-state index contributed by atoms with van der Waals surface area (Å²) >= 11 is 0. The van der Waals surface area contributed by atoms with Gasteiger partial charge in [-0.1, -0.05) is 38.5 Å². The van der Waals surface area contributed by atoms with E-state index in [1.807, 2.05) is 38.1 Å². The van der Waals surface area contributed by atoms with E-state index in [9.17, 15) is 23.6 Å². The number of amides is 4. The number of hydrogen-bond acceptors (Lipinski definition) is 5. The molecule has 0 saturated carbocycles.